The molecule has 3 aromatic rings. The maximum absolute atomic E-state index is 6.02. The molecule has 0 unspecified atom stereocenters. The molecule has 0 spiro atoms. The van der Waals surface area contributed by atoms with Crippen LogP contribution in [0.4, 0.5) is 5.69 Å². The minimum absolute atomic E-state index is 0.277. The molecule has 1 aromatic carbocycles. The zero-order valence-electron chi connectivity index (χ0n) is 14.1. The molecule has 0 bridgehead atoms. The van der Waals surface area contributed by atoms with Gasteiger partial charge in [0.2, 0.25) is 0 Å². The molecule has 0 amide bonds. The topological polar surface area (TPSA) is 49.9 Å². The Hall–Kier alpha value is -2.27. The van der Waals surface area contributed by atoms with E-state index in [9.17, 15) is 0 Å². The number of aromatic amines is 1. The van der Waals surface area contributed by atoms with E-state index < -0.39 is 0 Å². The average Bonchev–Trinajstić information content (AvgIpc) is 3.29. The molecular weight excluding hydrogens is 318 g/mol. The summed E-state index contributed by atoms with van der Waals surface area (Å²) >= 11 is 1.71. The van der Waals surface area contributed by atoms with Gasteiger partial charge in [0.15, 0.2) is 0 Å². The number of H-pyrrole nitrogens is 1. The lowest BCUT2D eigenvalue weighted by Crippen LogP contribution is -2.13. The number of ether oxygens (including phenoxy) is 1. The summed E-state index contributed by atoms with van der Waals surface area (Å²) in [7, 11) is 0. The van der Waals surface area contributed by atoms with Crippen LogP contribution in [0, 0.1) is 0 Å². The fraction of sp³-hybridized carbons (Fsp3) is 0.316. The SMILES string of the molecule is CCC(CC)Oc1cccc(NCc2cn[nH]c2-c2cccs2)c1. The van der Waals surface area contributed by atoms with Gasteiger partial charge in [0, 0.05) is 23.9 Å². The summed E-state index contributed by atoms with van der Waals surface area (Å²) in [6, 6.07) is 12.3. The number of aromatic nitrogens is 2. The molecule has 0 aliphatic heterocycles. The second-order valence-corrected chi connectivity index (χ2v) is 6.63. The molecule has 0 fully saturated rings. The van der Waals surface area contributed by atoms with E-state index in [4.69, 9.17) is 4.74 Å². The van der Waals surface area contributed by atoms with Gasteiger partial charge in [-0.2, -0.15) is 5.10 Å². The highest BCUT2D eigenvalue weighted by atomic mass is 32.1. The molecule has 126 valence electrons. The van der Waals surface area contributed by atoms with Crippen molar-refractivity contribution in [2.24, 2.45) is 0 Å². The third-order valence-electron chi connectivity index (χ3n) is 4.02. The second-order valence-electron chi connectivity index (χ2n) is 5.69. The van der Waals surface area contributed by atoms with Crippen LogP contribution in [-0.2, 0) is 6.54 Å². The van der Waals surface area contributed by atoms with Crippen molar-refractivity contribution in [1.82, 2.24) is 10.2 Å². The van der Waals surface area contributed by atoms with Gasteiger partial charge in [-0.1, -0.05) is 26.0 Å². The van der Waals surface area contributed by atoms with Gasteiger partial charge in [0.25, 0.3) is 0 Å². The number of nitrogens with one attached hydrogen (secondary N) is 2. The molecule has 24 heavy (non-hydrogen) atoms. The average molecular weight is 341 g/mol. The number of benzene rings is 1. The van der Waals surface area contributed by atoms with Crippen molar-refractivity contribution in [3.05, 3.63) is 53.5 Å². The summed E-state index contributed by atoms with van der Waals surface area (Å²) in [5.74, 6) is 0.916. The van der Waals surface area contributed by atoms with Gasteiger partial charge >= 0.3 is 0 Å². The number of anilines is 1. The first-order chi connectivity index (χ1) is 11.8. The molecule has 0 saturated carbocycles. The summed E-state index contributed by atoms with van der Waals surface area (Å²) in [6.07, 6.45) is 4.20. The first kappa shape index (κ1) is 16.6. The summed E-state index contributed by atoms with van der Waals surface area (Å²) in [4.78, 5) is 1.20. The van der Waals surface area contributed by atoms with Gasteiger partial charge in [0.1, 0.15) is 5.75 Å². The molecule has 0 saturated heterocycles. The fourth-order valence-corrected chi connectivity index (χ4v) is 3.36. The number of nitrogens with zero attached hydrogens (tertiary/aromatic N) is 1. The molecule has 0 atom stereocenters. The van der Waals surface area contributed by atoms with Gasteiger partial charge in [-0.25, -0.2) is 0 Å². The Balaban J connectivity index is 1.66. The molecule has 0 radical (unpaired) electrons. The van der Waals surface area contributed by atoms with Gasteiger partial charge in [-0.15, -0.1) is 11.3 Å². The number of thiophene rings is 1. The van der Waals surface area contributed by atoms with Crippen molar-refractivity contribution in [2.75, 3.05) is 5.32 Å². The number of hydrogen-bond acceptors (Lipinski definition) is 4. The van der Waals surface area contributed by atoms with Crippen LogP contribution in [0.25, 0.3) is 10.6 Å². The van der Waals surface area contributed by atoms with Crippen LogP contribution >= 0.6 is 11.3 Å². The van der Waals surface area contributed by atoms with E-state index in [1.165, 1.54) is 4.88 Å². The molecule has 5 heteroatoms. The third-order valence-corrected chi connectivity index (χ3v) is 4.90. The van der Waals surface area contributed by atoms with Gasteiger partial charge in [-0.3, -0.25) is 5.10 Å². The Morgan fingerprint density at radius 2 is 2.08 bits per heavy atom. The second kappa shape index (κ2) is 8.02. The van der Waals surface area contributed by atoms with E-state index in [-0.39, 0.29) is 6.10 Å². The first-order valence-corrected chi connectivity index (χ1v) is 9.24. The van der Waals surface area contributed by atoms with Crippen LogP contribution in [-0.4, -0.2) is 16.3 Å². The van der Waals surface area contributed by atoms with Crippen molar-refractivity contribution in [2.45, 2.75) is 39.3 Å². The highest BCUT2D eigenvalue weighted by molar-refractivity contribution is 7.13. The minimum atomic E-state index is 0.277. The highest BCUT2D eigenvalue weighted by Crippen LogP contribution is 2.27. The predicted octanol–water partition coefficient (Wildman–Crippen LogP) is 5.32. The molecule has 3 rings (SSSR count). The Bertz CT molecular complexity index is 748. The first-order valence-electron chi connectivity index (χ1n) is 8.36. The lowest BCUT2D eigenvalue weighted by atomic mass is 10.2. The Morgan fingerprint density at radius 1 is 1.21 bits per heavy atom. The standard InChI is InChI=1S/C19H23N3OS/c1-3-16(4-2)23-17-8-5-7-15(11-17)20-12-14-13-21-22-19(14)18-9-6-10-24-18/h5-11,13,16,20H,3-4,12H2,1-2H3,(H,21,22). The smallest absolute Gasteiger partial charge is 0.121 e. The molecule has 2 aromatic heterocycles. The van der Waals surface area contributed by atoms with E-state index in [2.05, 4.69) is 59.0 Å². The van der Waals surface area contributed by atoms with Crippen LogP contribution in [0.1, 0.15) is 32.3 Å². The van der Waals surface area contributed by atoms with Gasteiger partial charge in [0.05, 0.1) is 22.9 Å². The lowest BCUT2D eigenvalue weighted by Gasteiger charge is -2.16. The largest absolute Gasteiger partial charge is 0.490 e. The van der Waals surface area contributed by atoms with E-state index in [1.807, 2.05) is 18.3 Å². The van der Waals surface area contributed by atoms with E-state index >= 15 is 0 Å². The lowest BCUT2D eigenvalue weighted by molar-refractivity contribution is 0.193. The van der Waals surface area contributed by atoms with Crippen LogP contribution < -0.4 is 10.1 Å². The van der Waals surface area contributed by atoms with E-state index in [1.54, 1.807) is 11.3 Å². The summed E-state index contributed by atoms with van der Waals surface area (Å²) in [6.45, 7) is 5.03. The monoisotopic (exact) mass is 341 g/mol. The van der Waals surface area contributed by atoms with Crippen LogP contribution in [0.15, 0.2) is 48.0 Å². The molecule has 2 heterocycles. The van der Waals surface area contributed by atoms with E-state index in [0.717, 1.165) is 42.1 Å². The maximum atomic E-state index is 6.02. The maximum Gasteiger partial charge on any atom is 0.121 e. The summed E-state index contributed by atoms with van der Waals surface area (Å²) in [5, 5.41) is 12.8. The Labute approximate surface area is 146 Å². The normalized spacial score (nSPS) is 11.0. The molecular formula is C19H23N3OS. The number of hydrogen-bond donors (Lipinski definition) is 2. The van der Waals surface area contributed by atoms with Gasteiger partial charge < -0.3 is 10.1 Å². The predicted molar refractivity (Wildman–Crippen MR) is 101 cm³/mol. The Morgan fingerprint density at radius 3 is 2.83 bits per heavy atom. The van der Waals surface area contributed by atoms with E-state index in [0.29, 0.717) is 0 Å². The minimum Gasteiger partial charge on any atom is -0.490 e. The van der Waals surface area contributed by atoms with Crippen molar-refractivity contribution in [1.29, 1.82) is 0 Å². The van der Waals surface area contributed by atoms with Crippen LogP contribution in [0.5, 0.6) is 5.75 Å². The molecule has 2 N–H and O–H groups in total. The van der Waals surface area contributed by atoms with Crippen molar-refractivity contribution >= 4 is 17.0 Å². The van der Waals surface area contributed by atoms with Crippen molar-refractivity contribution in [3.63, 3.8) is 0 Å². The zero-order valence-corrected chi connectivity index (χ0v) is 14.9. The summed E-state index contributed by atoms with van der Waals surface area (Å²) < 4.78 is 6.02. The third kappa shape index (κ3) is 3.97. The molecule has 4 nitrogen and oxygen atoms in total. The van der Waals surface area contributed by atoms with Gasteiger partial charge in [-0.05, 0) is 36.4 Å². The quantitative estimate of drug-likeness (QED) is 0.583. The molecule has 0 aliphatic rings. The molecule has 0 aliphatic carbocycles. The number of rotatable bonds is 8. The Kier molecular flexibility index (Phi) is 5.54. The highest BCUT2D eigenvalue weighted by Gasteiger charge is 2.09. The zero-order chi connectivity index (χ0) is 16.8. The van der Waals surface area contributed by atoms with Crippen LogP contribution in [0.2, 0.25) is 0 Å². The van der Waals surface area contributed by atoms with Crippen LogP contribution in [0.3, 0.4) is 0 Å². The van der Waals surface area contributed by atoms with Crippen molar-refractivity contribution < 1.29 is 4.74 Å². The fourth-order valence-electron chi connectivity index (χ4n) is 2.60. The van der Waals surface area contributed by atoms with Crippen molar-refractivity contribution in [3.8, 4) is 16.3 Å². The summed E-state index contributed by atoms with van der Waals surface area (Å²) in [5.41, 5.74) is 3.29.